The van der Waals surface area contributed by atoms with Crippen LogP contribution in [0.15, 0.2) is 5.11 Å². The number of ether oxygens (including phenoxy) is 1. The summed E-state index contributed by atoms with van der Waals surface area (Å²) in [4.78, 5) is 2.80. The van der Waals surface area contributed by atoms with Gasteiger partial charge < -0.3 is 4.74 Å². The predicted molar refractivity (Wildman–Crippen MR) is 42.2 cm³/mol. The Morgan fingerprint density at radius 1 is 1.64 bits per heavy atom. The van der Waals surface area contributed by atoms with Crippen molar-refractivity contribution in [3.05, 3.63) is 10.4 Å². The molecule has 1 saturated carbocycles. The molecule has 4 heteroatoms. The second kappa shape index (κ2) is 4.21. The Morgan fingerprint density at radius 3 is 3.09 bits per heavy atom. The van der Waals surface area contributed by atoms with Gasteiger partial charge in [0.05, 0.1) is 12.1 Å². The molecule has 0 spiro atoms. The van der Waals surface area contributed by atoms with E-state index in [-0.39, 0.29) is 12.1 Å². The molecule has 0 aromatic carbocycles. The molecule has 1 rings (SSSR count). The van der Waals surface area contributed by atoms with Crippen molar-refractivity contribution in [1.82, 2.24) is 0 Å². The van der Waals surface area contributed by atoms with Crippen LogP contribution in [0.3, 0.4) is 0 Å². The van der Waals surface area contributed by atoms with E-state index in [1.54, 1.807) is 0 Å². The van der Waals surface area contributed by atoms with Gasteiger partial charge in [0.1, 0.15) is 0 Å². The van der Waals surface area contributed by atoms with Gasteiger partial charge in [-0.15, -0.1) is 0 Å². The van der Waals surface area contributed by atoms with Gasteiger partial charge in [0.2, 0.25) is 0 Å². The molecule has 0 saturated heterocycles. The number of azide groups is 1. The first kappa shape index (κ1) is 8.37. The minimum atomic E-state index is 0.0833. The third-order valence-corrected chi connectivity index (χ3v) is 2.00. The Morgan fingerprint density at radius 2 is 2.45 bits per heavy atom. The van der Waals surface area contributed by atoms with Crippen LogP contribution in [0.1, 0.15) is 26.2 Å². The van der Waals surface area contributed by atoms with Crippen LogP contribution in [0.5, 0.6) is 0 Å². The SMILES string of the molecule is CCOC1CCCC1N=[N+]=[N-]. The minimum Gasteiger partial charge on any atom is -0.378 e. The summed E-state index contributed by atoms with van der Waals surface area (Å²) in [6.07, 6.45) is 3.32. The first-order chi connectivity index (χ1) is 5.38. The van der Waals surface area contributed by atoms with E-state index in [2.05, 4.69) is 10.0 Å². The number of nitrogens with zero attached hydrogens (tertiary/aromatic N) is 3. The van der Waals surface area contributed by atoms with Gasteiger partial charge in [-0.2, -0.15) is 0 Å². The topological polar surface area (TPSA) is 58.0 Å². The summed E-state index contributed by atoms with van der Waals surface area (Å²) in [5, 5.41) is 3.68. The standard InChI is InChI=1S/C7H13N3O/c1-2-11-7-5-3-4-6(7)9-10-8/h6-7H,2-5H2,1H3. The quantitative estimate of drug-likeness (QED) is 0.350. The lowest BCUT2D eigenvalue weighted by atomic mass is 10.2. The van der Waals surface area contributed by atoms with Crippen LogP contribution >= 0.6 is 0 Å². The normalized spacial score (nSPS) is 29.9. The zero-order valence-electron chi connectivity index (χ0n) is 6.73. The number of hydrogen-bond donors (Lipinski definition) is 0. The predicted octanol–water partition coefficient (Wildman–Crippen LogP) is 2.25. The van der Waals surface area contributed by atoms with Gasteiger partial charge in [0.25, 0.3) is 0 Å². The average Bonchev–Trinajstić information content (AvgIpc) is 2.39. The van der Waals surface area contributed by atoms with Crippen LogP contribution < -0.4 is 0 Å². The molecule has 0 aromatic heterocycles. The summed E-state index contributed by atoms with van der Waals surface area (Å²) in [6, 6.07) is 0.0833. The summed E-state index contributed by atoms with van der Waals surface area (Å²) in [5.41, 5.74) is 8.22. The van der Waals surface area contributed by atoms with Gasteiger partial charge in [0.15, 0.2) is 0 Å². The molecule has 1 fully saturated rings. The van der Waals surface area contributed by atoms with Gasteiger partial charge in [0, 0.05) is 11.5 Å². The zero-order chi connectivity index (χ0) is 8.10. The molecule has 0 bridgehead atoms. The molecule has 4 nitrogen and oxygen atoms in total. The fraction of sp³-hybridized carbons (Fsp3) is 1.00. The molecule has 1 aliphatic rings. The minimum absolute atomic E-state index is 0.0833. The van der Waals surface area contributed by atoms with E-state index in [0.717, 1.165) is 19.3 Å². The van der Waals surface area contributed by atoms with Crippen molar-refractivity contribution in [3.63, 3.8) is 0 Å². The second-order valence-corrected chi connectivity index (χ2v) is 2.70. The molecule has 0 N–H and O–H groups in total. The van der Waals surface area contributed by atoms with Crippen LogP contribution in [-0.2, 0) is 4.74 Å². The lowest BCUT2D eigenvalue weighted by Crippen LogP contribution is -2.20. The molecule has 2 unspecified atom stereocenters. The third-order valence-electron chi connectivity index (χ3n) is 2.00. The molecule has 0 aromatic rings. The highest BCUT2D eigenvalue weighted by Crippen LogP contribution is 2.24. The highest BCUT2D eigenvalue weighted by molar-refractivity contribution is 4.84. The Bertz CT molecular complexity index is 165. The molecule has 0 radical (unpaired) electrons. The van der Waals surface area contributed by atoms with E-state index < -0.39 is 0 Å². The zero-order valence-corrected chi connectivity index (χ0v) is 6.73. The van der Waals surface area contributed by atoms with E-state index in [9.17, 15) is 0 Å². The van der Waals surface area contributed by atoms with Gasteiger partial charge >= 0.3 is 0 Å². The van der Waals surface area contributed by atoms with Crippen molar-refractivity contribution >= 4 is 0 Å². The fourth-order valence-electron chi connectivity index (χ4n) is 1.51. The van der Waals surface area contributed by atoms with Crippen molar-refractivity contribution in [2.24, 2.45) is 5.11 Å². The summed E-state index contributed by atoms with van der Waals surface area (Å²) < 4.78 is 5.40. The molecular weight excluding hydrogens is 142 g/mol. The molecule has 0 amide bonds. The Hall–Kier alpha value is -0.730. The molecule has 1 aliphatic carbocycles. The van der Waals surface area contributed by atoms with E-state index >= 15 is 0 Å². The number of rotatable bonds is 3. The van der Waals surface area contributed by atoms with Crippen LogP contribution in [-0.4, -0.2) is 18.8 Å². The average molecular weight is 155 g/mol. The molecule has 0 aliphatic heterocycles. The lowest BCUT2D eigenvalue weighted by Gasteiger charge is -2.13. The van der Waals surface area contributed by atoms with Crippen LogP contribution in [0, 0.1) is 0 Å². The molecule has 62 valence electrons. The fourth-order valence-corrected chi connectivity index (χ4v) is 1.51. The summed E-state index contributed by atoms with van der Waals surface area (Å²) >= 11 is 0. The maximum Gasteiger partial charge on any atom is 0.0659 e. The Balaban J connectivity index is 2.43. The van der Waals surface area contributed by atoms with Crippen molar-refractivity contribution < 1.29 is 4.74 Å². The Labute approximate surface area is 66.2 Å². The van der Waals surface area contributed by atoms with Crippen LogP contribution in [0.2, 0.25) is 0 Å². The van der Waals surface area contributed by atoms with Crippen LogP contribution in [0.25, 0.3) is 10.4 Å². The maximum atomic E-state index is 8.22. The first-order valence-corrected chi connectivity index (χ1v) is 4.04. The van der Waals surface area contributed by atoms with E-state index in [4.69, 9.17) is 10.3 Å². The molecule has 11 heavy (non-hydrogen) atoms. The largest absolute Gasteiger partial charge is 0.378 e. The van der Waals surface area contributed by atoms with Gasteiger partial charge in [-0.25, -0.2) is 0 Å². The van der Waals surface area contributed by atoms with Gasteiger partial charge in [-0.1, -0.05) is 11.5 Å². The monoisotopic (exact) mass is 155 g/mol. The lowest BCUT2D eigenvalue weighted by molar-refractivity contribution is 0.0577. The van der Waals surface area contributed by atoms with Crippen molar-refractivity contribution in [1.29, 1.82) is 0 Å². The van der Waals surface area contributed by atoms with E-state index in [1.807, 2.05) is 6.92 Å². The molecular formula is C7H13N3O. The number of hydrogen-bond acceptors (Lipinski definition) is 2. The maximum absolute atomic E-state index is 8.22. The first-order valence-electron chi connectivity index (χ1n) is 4.04. The van der Waals surface area contributed by atoms with Crippen LogP contribution in [0.4, 0.5) is 0 Å². The van der Waals surface area contributed by atoms with Crippen molar-refractivity contribution in [2.75, 3.05) is 6.61 Å². The van der Waals surface area contributed by atoms with Gasteiger partial charge in [-0.05, 0) is 25.3 Å². The highest BCUT2D eigenvalue weighted by Gasteiger charge is 2.26. The molecule has 0 heterocycles. The molecule has 2 atom stereocenters. The van der Waals surface area contributed by atoms with Crippen molar-refractivity contribution in [3.8, 4) is 0 Å². The van der Waals surface area contributed by atoms with E-state index in [0.29, 0.717) is 6.61 Å². The summed E-state index contributed by atoms with van der Waals surface area (Å²) in [5.74, 6) is 0. The Kier molecular flexibility index (Phi) is 3.20. The van der Waals surface area contributed by atoms with Gasteiger partial charge in [-0.3, -0.25) is 0 Å². The smallest absolute Gasteiger partial charge is 0.0659 e. The summed E-state index contributed by atoms with van der Waals surface area (Å²) in [7, 11) is 0. The summed E-state index contributed by atoms with van der Waals surface area (Å²) in [6.45, 7) is 2.67. The highest BCUT2D eigenvalue weighted by atomic mass is 16.5. The second-order valence-electron chi connectivity index (χ2n) is 2.70. The third kappa shape index (κ3) is 2.10. The van der Waals surface area contributed by atoms with E-state index in [1.165, 1.54) is 0 Å². The van der Waals surface area contributed by atoms with Crippen molar-refractivity contribution in [2.45, 2.75) is 38.3 Å².